The number of aromatic nitrogens is 1. The van der Waals surface area contributed by atoms with Crippen LogP contribution in [0.4, 0.5) is 0 Å². The SMILES string of the molecule is Cc1[c-]cncc1.[Y]. The van der Waals surface area contributed by atoms with Crippen LogP contribution in [0.3, 0.4) is 0 Å². The molecular formula is C6H6NY-. The van der Waals surface area contributed by atoms with Gasteiger partial charge in [0.1, 0.15) is 0 Å². The number of pyridine rings is 1. The van der Waals surface area contributed by atoms with Crippen molar-refractivity contribution in [2.75, 3.05) is 0 Å². The monoisotopic (exact) mass is 181 g/mol. The van der Waals surface area contributed by atoms with Gasteiger partial charge in [-0.15, -0.1) is 0 Å². The Labute approximate surface area is 74.4 Å². The van der Waals surface area contributed by atoms with E-state index in [0.29, 0.717) is 0 Å². The van der Waals surface area contributed by atoms with E-state index in [4.69, 9.17) is 0 Å². The Bertz CT molecular complexity index is 138. The van der Waals surface area contributed by atoms with E-state index in [0.717, 1.165) is 5.56 Å². The molecule has 39 valence electrons. The molecule has 1 heterocycles. The van der Waals surface area contributed by atoms with Crippen LogP contribution in [0.2, 0.25) is 0 Å². The molecule has 0 aliphatic rings. The fourth-order valence-electron chi connectivity index (χ4n) is 0.385. The third-order valence-corrected chi connectivity index (χ3v) is 0.777. The van der Waals surface area contributed by atoms with Crippen molar-refractivity contribution in [3.05, 3.63) is 30.1 Å². The van der Waals surface area contributed by atoms with E-state index in [1.807, 2.05) is 13.0 Å². The molecule has 0 fully saturated rings. The molecule has 1 nitrogen and oxygen atoms in total. The van der Waals surface area contributed by atoms with Crippen molar-refractivity contribution in [1.82, 2.24) is 4.98 Å². The number of hydrogen-bond donors (Lipinski definition) is 0. The van der Waals surface area contributed by atoms with Gasteiger partial charge < -0.3 is 4.98 Å². The number of hydrogen-bond acceptors (Lipinski definition) is 1. The van der Waals surface area contributed by atoms with E-state index in [1.54, 1.807) is 12.4 Å². The van der Waals surface area contributed by atoms with Gasteiger partial charge in [0.05, 0.1) is 0 Å². The van der Waals surface area contributed by atoms with Crippen LogP contribution >= 0.6 is 0 Å². The minimum absolute atomic E-state index is 0. The van der Waals surface area contributed by atoms with Crippen molar-refractivity contribution in [3.63, 3.8) is 0 Å². The average Bonchev–Trinajstić information content (AvgIpc) is 1.69. The molecule has 0 aliphatic heterocycles. The summed E-state index contributed by atoms with van der Waals surface area (Å²) < 4.78 is 0. The van der Waals surface area contributed by atoms with E-state index < -0.39 is 0 Å². The smallest absolute Gasteiger partial charge is 0 e. The quantitative estimate of drug-likeness (QED) is 0.547. The van der Waals surface area contributed by atoms with Crippen LogP contribution in [-0.4, -0.2) is 4.98 Å². The minimum atomic E-state index is 0. The van der Waals surface area contributed by atoms with Crippen LogP contribution in [0.15, 0.2) is 18.5 Å². The topological polar surface area (TPSA) is 12.9 Å². The molecule has 0 saturated heterocycles. The van der Waals surface area contributed by atoms with E-state index in [-0.39, 0.29) is 32.7 Å². The summed E-state index contributed by atoms with van der Waals surface area (Å²) in [5.74, 6) is 0. The standard InChI is InChI=1S/C6H6N.Y/c1-6-2-4-7-5-3-6;/h2,4-5H,1H3;/q-1;. The molecule has 0 saturated carbocycles. The van der Waals surface area contributed by atoms with Gasteiger partial charge in [-0.2, -0.15) is 6.07 Å². The van der Waals surface area contributed by atoms with Gasteiger partial charge >= 0.3 is 0 Å². The molecule has 0 atom stereocenters. The van der Waals surface area contributed by atoms with Gasteiger partial charge in [0.2, 0.25) is 0 Å². The summed E-state index contributed by atoms with van der Waals surface area (Å²) >= 11 is 0. The van der Waals surface area contributed by atoms with Gasteiger partial charge in [-0.3, -0.25) is 0 Å². The molecule has 8 heavy (non-hydrogen) atoms. The third-order valence-electron chi connectivity index (χ3n) is 0.777. The molecule has 1 radical (unpaired) electrons. The Morgan fingerprint density at radius 1 is 1.62 bits per heavy atom. The van der Waals surface area contributed by atoms with Crippen molar-refractivity contribution < 1.29 is 32.7 Å². The van der Waals surface area contributed by atoms with Crippen LogP contribution in [0.1, 0.15) is 5.56 Å². The van der Waals surface area contributed by atoms with Gasteiger partial charge in [0, 0.05) is 32.7 Å². The van der Waals surface area contributed by atoms with Crippen LogP contribution in [0.5, 0.6) is 0 Å². The summed E-state index contributed by atoms with van der Waals surface area (Å²) in [4.78, 5) is 3.79. The Morgan fingerprint density at radius 2 is 2.38 bits per heavy atom. The number of nitrogens with zero attached hydrogens (tertiary/aromatic N) is 1. The Hall–Kier alpha value is 0.254. The predicted octanol–water partition coefficient (Wildman–Crippen LogP) is 1.19. The second-order valence-electron chi connectivity index (χ2n) is 1.42. The second kappa shape index (κ2) is 4.16. The van der Waals surface area contributed by atoms with Gasteiger partial charge in [-0.25, -0.2) is 11.6 Å². The molecule has 0 spiro atoms. The fourth-order valence-corrected chi connectivity index (χ4v) is 0.385. The molecule has 0 N–H and O–H groups in total. The summed E-state index contributed by atoms with van der Waals surface area (Å²) in [6, 6.07) is 4.84. The zero-order valence-corrected chi connectivity index (χ0v) is 7.59. The summed E-state index contributed by atoms with van der Waals surface area (Å²) in [6.45, 7) is 1.99. The molecule has 2 heteroatoms. The van der Waals surface area contributed by atoms with E-state index in [1.165, 1.54) is 0 Å². The van der Waals surface area contributed by atoms with Crippen LogP contribution in [0, 0.1) is 13.0 Å². The molecule has 1 aromatic heterocycles. The number of rotatable bonds is 0. The van der Waals surface area contributed by atoms with E-state index in [9.17, 15) is 0 Å². The summed E-state index contributed by atoms with van der Waals surface area (Å²) in [6.07, 6.45) is 3.42. The first kappa shape index (κ1) is 8.25. The number of aryl methyl sites for hydroxylation is 1. The van der Waals surface area contributed by atoms with E-state index >= 15 is 0 Å². The first-order valence-electron chi connectivity index (χ1n) is 2.18. The molecule has 0 unspecified atom stereocenters. The van der Waals surface area contributed by atoms with Crippen molar-refractivity contribution in [1.29, 1.82) is 0 Å². The molecular weight excluding hydrogens is 175 g/mol. The second-order valence-corrected chi connectivity index (χ2v) is 1.42. The van der Waals surface area contributed by atoms with Gasteiger partial charge in [0.15, 0.2) is 0 Å². The molecule has 0 bridgehead atoms. The Balaban J connectivity index is 0.000000490. The predicted molar refractivity (Wildman–Crippen MR) is 27.8 cm³/mol. The minimum Gasteiger partial charge on any atom is -0.304 e. The Morgan fingerprint density at radius 3 is 2.62 bits per heavy atom. The molecule has 0 aromatic carbocycles. The molecule has 1 rings (SSSR count). The maximum Gasteiger partial charge on any atom is 0 e. The van der Waals surface area contributed by atoms with Crippen molar-refractivity contribution in [3.8, 4) is 0 Å². The normalized spacial score (nSPS) is 7.62. The first-order valence-corrected chi connectivity index (χ1v) is 2.18. The van der Waals surface area contributed by atoms with Crippen LogP contribution in [-0.2, 0) is 32.7 Å². The molecule has 0 amide bonds. The largest absolute Gasteiger partial charge is 0.304 e. The zero-order chi connectivity index (χ0) is 5.11. The average molecular weight is 181 g/mol. The summed E-state index contributed by atoms with van der Waals surface area (Å²) in [5, 5.41) is 0. The molecule has 1 aromatic rings. The molecule has 0 aliphatic carbocycles. The first-order chi connectivity index (χ1) is 3.39. The van der Waals surface area contributed by atoms with Crippen molar-refractivity contribution in [2.24, 2.45) is 0 Å². The maximum atomic E-state index is 3.79. The van der Waals surface area contributed by atoms with Crippen LogP contribution < -0.4 is 0 Å². The van der Waals surface area contributed by atoms with Crippen molar-refractivity contribution in [2.45, 2.75) is 6.92 Å². The summed E-state index contributed by atoms with van der Waals surface area (Å²) in [5.41, 5.74) is 1.13. The van der Waals surface area contributed by atoms with Crippen molar-refractivity contribution >= 4 is 0 Å². The third kappa shape index (κ3) is 2.53. The summed E-state index contributed by atoms with van der Waals surface area (Å²) in [7, 11) is 0. The van der Waals surface area contributed by atoms with Gasteiger partial charge in [-0.1, -0.05) is 19.3 Å². The van der Waals surface area contributed by atoms with Gasteiger partial charge in [0.25, 0.3) is 0 Å². The maximum absolute atomic E-state index is 3.79. The van der Waals surface area contributed by atoms with Crippen LogP contribution in [0.25, 0.3) is 0 Å². The fraction of sp³-hybridized carbons (Fsp3) is 0.167. The zero-order valence-electron chi connectivity index (χ0n) is 4.76. The Kier molecular flexibility index (Phi) is 4.30. The van der Waals surface area contributed by atoms with E-state index in [2.05, 4.69) is 11.1 Å². The van der Waals surface area contributed by atoms with Gasteiger partial charge in [-0.05, 0) is 0 Å².